The second kappa shape index (κ2) is 8.42. The lowest BCUT2D eigenvalue weighted by Crippen LogP contribution is -2.42. The van der Waals surface area contributed by atoms with E-state index in [2.05, 4.69) is 14.3 Å². The summed E-state index contributed by atoms with van der Waals surface area (Å²) in [5.74, 6) is -4.02. The Balaban J connectivity index is 2.61. The van der Waals surface area contributed by atoms with Gasteiger partial charge in [-0.25, -0.2) is 4.79 Å². The minimum atomic E-state index is -10.3. The predicted molar refractivity (Wildman–Crippen MR) is 100 cm³/mol. The van der Waals surface area contributed by atoms with Gasteiger partial charge in [0.05, 0.1) is 5.57 Å². The average molecular weight is 545 g/mol. The first-order valence-corrected chi connectivity index (χ1v) is 11.1. The van der Waals surface area contributed by atoms with Crippen molar-refractivity contribution in [3.63, 3.8) is 0 Å². The zero-order chi connectivity index (χ0) is 27.0. The summed E-state index contributed by atoms with van der Waals surface area (Å²) in [6, 6.07) is -0.230. The minimum Gasteiger partial charge on any atom is -0.475 e. The molecular formula is C17H15F8NO8S. The number of ether oxygens (including phenoxy) is 3. The van der Waals surface area contributed by atoms with Crippen LogP contribution in [0.5, 0.6) is 5.75 Å². The first kappa shape index (κ1) is 27.9. The van der Waals surface area contributed by atoms with Crippen LogP contribution in [0.15, 0.2) is 22.6 Å². The largest absolute Gasteiger partial charge is 0.475 e. The first-order valence-electron chi connectivity index (χ1n) is 9.14. The fourth-order valence-electron chi connectivity index (χ4n) is 2.84. The van der Waals surface area contributed by atoms with Crippen molar-refractivity contribution in [3.05, 3.63) is 38.9 Å². The van der Waals surface area contributed by atoms with Crippen molar-refractivity contribution in [2.45, 2.75) is 43.7 Å². The molecule has 1 aliphatic rings. The Bertz CT molecular complexity index is 1090. The van der Waals surface area contributed by atoms with Crippen LogP contribution in [0.4, 0.5) is 32.6 Å². The van der Waals surface area contributed by atoms with E-state index in [1.807, 2.05) is 0 Å². The number of hydrogen-bond acceptors (Lipinski definition) is 8. The number of carbonyl (C=O) groups is 2. The molecule has 0 saturated heterocycles. The molecule has 1 aromatic rings. The molecule has 0 aromatic heterocycles. The summed E-state index contributed by atoms with van der Waals surface area (Å²) in [4.78, 5) is 35.2. The van der Waals surface area contributed by atoms with Crippen LogP contribution < -0.4 is 4.74 Å². The summed E-state index contributed by atoms with van der Waals surface area (Å²) < 4.78 is 121. The van der Waals surface area contributed by atoms with Crippen LogP contribution >= 0.6 is 10.2 Å². The molecule has 18 heteroatoms. The maximum Gasteiger partial charge on any atom is 0.430 e. The van der Waals surface area contributed by atoms with Gasteiger partial charge in [0.1, 0.15) is 10.6 Å². The summed E-state index contributed by atoms with van der Waals surface area (Å²) >= 11 is 0. The van der Waals surface area contributed by atoms with Crippen molar-refractivity contribution in [2.75, 3.05) is 6.61 Å². The molecule has 2 rings (SSSR count). The smallest absolute Gasteiger partial charge is 0.430 e. The zero-order valence-corrected chi connectivity index (χ0v) is 18.3. The van der Waals surface area contributed by atoms with Gasteiger partial charge >= 0.3 is 28.3 Å². The second-order valence-electron chi connectivity index (χ2n) is 6.93. The molecule has 35 heavy (non-hydrogen) atoms. The fourth-order valence-corrected chi connectivity index (χ4v) is 3.55. The van der Waals surface area contributed by atoms with E-state index in [9.17, 15) is 52.3 Å². The van der Waals surface area contributed by atoms with Crippen LogP contribution in [-0.4, -0.2) is 42.2 Å². The maximum absolute atomic E-state index is 13.6. The number of alkyl halides is 3. The molecule has 1 aromatic carbocycles. The standard InChI is InChI=1S/C17H15F8NO8S/c1-3-9-4-11(35(21,22,23,24)25)5-10-6-12(15(17(18,19)20)34-14(9)10)16(28)33-13(32-8(2)27)7-31-26(29)30/h4-6,13,15H,3,7H2,1-2H3. The van der Waals surface area contributed by atoms with Crippen LogP contribution in [-0.2, 0) is 30.3 Å². The number of nitrogens with zero attached hydrogens (tertiary/aromatic N) is 1. The van der Waals surface area contributed by atoms with E-state index in [0.717, 1.165) is 6.92 Å². The van der Waals surface area contributed by atoms with Crippen molar-refractivity contribution in [1.82, 2.24) is 0 Å². The Morgan fingerprint density at radius 1 is 1.17 bits per heavy atom. The highest BCUT2D eigenvalue weighted by Gasteiger charge is 2.66. The Kier molecular flexibility index (Phi) is 6.72. The summed E-state index contributed by atoms with van der Waals surface area (Å²) in [6.45, 7) is 0.649. The van der Waals surface area contributed by atoms with E-state index in [1.165, 1.54) is 6.92 Å². The van der Waals surface area contributed by atoms with E-state index >= 15 is 0 Å². The van der Waals surface area contributed by atoms with Gasteiger partial charge in [0.15, 0.2) is 6.61 Å². The molecule has 0 aliphatic carbocycles. The minimum absolute atomic E-state index is 0.0450. The highest BCUT2D eigenvalue weighted by Crippen LogP contribution is 3.02. The van der Waals surface area contributed by atoms with Gasteiger partial charge in [0, 0.05) is 12.5 Å². The number of benzene rings is 1. The average Bonchev–Trinajstić information content (AvgIpc) is 2.67. The Morgan fingerprint density at radius 2 is 1.77 bits per heavy atom. The summed E-state index contributed by atoms with van der Waals surface area (Å²) in [5, 5.41) is 8.89. The van der Waals surface area contributed by atoms with Crippen molar-refractivity contribution < 1.29 is 66.3 Å². The molecular weight excluding hydrogens is 530 g/mol. The lowest BCUT2D eigenvalue weighted by molar-refractivity contribution is -0.760. The molecule has 0 spiro atoms. The highest BCUT2D eigenvalue weighted by molar-refractivity contribution is 8.45. The normalized spacial score (nSPS) is 18.6. The van der Waals surface area contributed by atoms with Crippen LogP contribution in [0, 0.1) is 10.1 Å². The first-order chi connectivity index (χ1) is 15.6. The topological polar surface area (TPSA) is 114 Å². The van der Waals surface area contributed by atoms with Gasteiger partial charge in [-0.1, -0.05) is 26.4 Å². The number of esters is 2. The maximum atomic E-state index is 13.6. The molecule has 0 amide bonds. The lowest BCUT2D eigenvalue weighted by atomic mass is 9.98. The van der Waals surface area contributed by atoms with Crippen LogP contribution in [0.25, 0.3) is 6.08 Å². The second-order valence-corrected chi connectivity index (χ2v) is 9.34. The molecule has 2 unspecified atom stereocenters. The monoisotopic (exact) mass is 545 g/mol. The summed E-state index contributed by atoms with van der Waals surface area (Å²) in [6.07, 6.45) is -11.0. The van der Waals surface area contributed by atoms with Gasteiger partial charge in [-0.05, 0) is 30.2 Å². The predicted octanol–water partition coefficient (Wildman–Crippen LogP) is 5.25. The quantitative estimate of drug-likeness (QED) is 0.143. The van der Waals surface area contributed by atoms with Crippen LogP contribution in [0.3, 0.4) is 0 Å². The van der Waals surface area contributed by atoms with E-state index in [-0.39, 0.29) is 18.2 Å². The van der Waals surface area contributed by atoms with E-state index < -0.39 is 86.2 Å². The fraction of sp³-hybridized carbons (Fsp3) is 0.412. The summed E-state index contributed by atoms with van der Waals surface area (Å²) in [7, 11) is -10.3. The van der Waals surface area contributed by atoms with Crippen LogP contribution in [0.1, 0.15) is 25.0 Å². The van der Waals surface area contributed by atoms with E-state index in [4.69, 9.17) is 4.74 Å². The number of aryl methyl sites for hydroxylation is 1. The molecule has 0 radical (unpaired) electrons. The van der Waals surface area contributed by atoms with Gasteiger partial charge in [0.25, 0.3) is 11.4 Å². The Labute approximate surface area is 190 Å². The number of rotatable bonds is 8. The van der Waals surface area contributed by atoms with Crippen LogP contribution in [0.2, 0.25) is 0 Å². The molecule has 198 valence electrons. The van der Waals surface area contributed by atoms with E-state index in [1.54, 1.807) is 0 Å². The molecule has 0 bridgehead atoms. The van der Waals surface area contributed by atoms with Crippen molar-refractivity contribution in [2.24, 2.45) is 0 Å². The highest BCUT2D eigenvalue weighted by atomic mass is 32.5. The third-order valence-corrected chi connectivity index (χ3v) is 5.34. The van der Waals surface area contributed by atoms with Gasteiger partial charge in [0.2, 0.25) is 6.10 Å². The molecule has 2 atom stereocenters. The molecule has 1 aliphatic heterocycles. The molecule has 0 N–H and O–H groups in total. The number of fused-ring (bicyclic) bond motifs is 1. The Morgan fingerprint density at radius 3 is 2.23 bits per heavy atom. The number of hydrogen-bond donors (Lipinski definition) is 0. The third-order valence-electron chi connectivity index (χ3n) is 4.21. The van der Waals surface area contributed by atoms with Gasteiger partial charge in [-0.15, -0.1) is 10.1 Å². The summed E-state index contributed by atoms with van der Waals surface area (Å²) in [5.41, 5.74) is -3.10. The van der Waals surface area contributed by atoms with Crippen molar-refractivity contribution in [3.8, 4) is 5.75 Å². The number of carbonyl (C=O) groups excluding carboxylic acids is 2. The van der Waals surface area contributed by atoms with Gasteiger partial charge in [-0.2, -0.15) is 13.2 Å². The zero-order valence-electron chi connectivity index (χ0n) is 17.4. The Hall–Kier alpha value is -3.31. The van der Waals surface area contributed by atoms with Gasteiger partial charge < -0.3 is 19.0 Å². The SMILES string of the molecule is CCc1cc(S(F)(F)(F)(F)F)cc2c1OC(C(F)(F)F)C(C(=O)OC(CO[N+](=O)[O-])OC(C)=O)=C2. The van der Waals surface area contributed by atoms with Crippen molar-refractivity contribution in [1.29, 1.82) is 0 Å². The molecule has 0 fully saturated rings. The third kappa shape index (κ3) is 7.09. The van der Waals surface area contributed by atoms with Crippen molar-refractivity contribution >= 4 is 28.2 Å². The molecule has 9 nitrogen and oxygen atoms in total. The lowest BCUT2D eigenvalue weighted by Gasteiger charge is -2.41. The van der Waals surface area contributed by atoms with Gasteiger partial charge in [-0.3, -0.25) is 4.79 Å². The van der Waals surface area contributed by atoms with E-state index in [0.29, 0.717) is 0 Å². The number of halogens is 8. The molecule has 1 heterocycles. The molecule has 0 saturated carbocycles.